The highest BCUT2D eigenvalue weighted by Crippen LogP contribution is 2.28. The van der Waals surface area contributed by atoms with E-state index in [0.717, 1.165) is 12.3 Å². The van der Waals surface area contributed by atoms with E-state index in [4.69, 9.17) is 11.6 Å². The molecular formula is C15H16ClF3N4O. The molecule has 0 amide bonds. The van der Waals surface area contributed by atoms with Crippen molar-refractivity contribution in [2.45, 2.75) is 32.0 Å². The van der Waals surface area contributed by atoms with Gasteiger partial charge in [-0.3, -0.25) is 4.98 Å². The highest BCUT2D eigenvalue weighted by molar-refractivity contribution is 6.29. The Hall–Kier alpha value is -1.93. The van der Waals surface area contributed by atoms with Crippen LogP contribution in [0.1, 0.15) is 30.9 Å². The third kappa shape index (κ3) is 5.61. The van der Waals surface area contributed by atoms with Gasteiger partial charge in [0.1, 0.15) is 22.5 Å². The summed E-state index contributed by atoms with van der Waals surface area (Å²) < 4.78 is 38.1. The third-order valence-corrected chi connectivity index (χ3v) is 3.11. The molecule has 9 heteroatoms. The molecule has 24 heavy (non-hydrogen) atoms. The van der Waals surface area contributed by atoms with Gasteiger partial charge in [0.2, 0.25) is 0 Å². The van der Waals surface area contributed by atoms with E-state index in [9.17, 15) is 18.3 Å². The van der Waals surface area contributed by atoms with Crippen LogP contribution in [0.15, 0.2) is 24.4 Å². The van der Waals surface area contributed by atoms with Crippen LogP contribution in [-0.4, -0.2) is 32.2 Å². The van der Waals surface area contributed by atoms with Gasteiger partial charge in [0, 0.05) is 25.2 Å². The molecule has 0 aliphatic carbocycles. The van der Waals surface area contributed by atoms with Crippen LogP contribution in [0.2, 0.25) is 5.15 Å². The predicted octanol–water partition coefficient (Wildman–Crippen LogP) is 3.32. The molecule has 0 aromatic carbocycles. The monoisotopic (exact) mass is 360 g/mol. The second-order valence-corrected chi connectivity index (χ2v) is 6.27. The quantitative estimate of drug-likeness (QED) is 0.800. The van der Waals surface area contributed by atoms with Crippen molar-refractivity contribution in [2.24, 2.45) is 0 Å². The fraction of sp³-hybridized carbons (Fsp3) is 0.400. The summed E-state index contributed by atoms with van der Waals surface area (Å²) in [5, 5.41) is 12.8. The number of aromatic nitrogens is 3. The summed E-state index contributed by atoms with van der Waals surface area (Å²) >= 11 is 5.92. The molecular weight excluding hydrogens is 345 g/mol. The van der Waals surface area contributed by atoms with Crippen LogP contribution in [-0.2, 0) is 12.6 Å². The minimum absolute atomic E-state index is 0.0728. The molecule has 0 aliphatic heterocycles. The van der Waals surface area contributed by atoms with Crippen molar-refractivity contribution in [3.8, 4) is 0 Å². The molecule has 0 bridgehead atoms. The van der Waals surface area contributed by atoms with Gasteiger partial charge in [-0.05, 0) is 31.5 Å². The van der Waals surface area contributed by atoms with E-state index >= 15 is 0 Å². The van der Waals surface area contributed by atoms with Crippen LogP contribution in [0.25, 0.3) is 0 Å². The molecule has 0 aliphatic rings. The summed E-state index contributed by atoms with van der Waals surface area (Å²) in [6, 6.07) is 3.89. The Bertz CT molecular complexity index is 717. The Balaban J connectivity index is 2.19. The topological polar surface area (TPSA) is 70.9 Å². The first-order chi connectivity index (χ1) is 11.0. The van der Waals surface area contributed by atoms with E-state index < -0.39 is 17.5 Å². The van der Waals surface area contributed by atoms with E-state index in [1.807, 2.05) is 0 Å². The third-order valence-electron chi connectivity index (χ3n) is 2.92. The zero-order valence-corrected chi connectivity index (χ0v) is 13.8. The molecule has 2 aromatic heterocycles. The minimum atomic E-state index is -4.51. The van der Waals surface area contributed by atoms with Crippen molar-refractivity contribution in [2.75, 3.05) is 11.9 Å². The highest BCUT2D eigenvalue weighted by atomic mass is 35.5. The molecule has 0 spiro atoms. The zero-order chi connectivity index (χ0) is 18.0. The lowest BCUT2D eigenvalue weighted by Gasteiger charge is -2.18. The lowest BCUT2D eigenvalue weighted by atomic mass is 10.1. The highest BCUT2D eigenvalue weighted by Gasteiger charge is 2.32. The smallest absolute Gasteiger partial charge is 0.389 e. The molecule has 5 nitrogen and oxygen atoms in total. The summed E-state index contributed by atoms with van der Waals surface area (Å²) in [6.45, 7) is 3.48. The second-order valence-electron chi connectivity index (χ2n) is 5.88. The number of alkyl halides is 3. The number of anilines is 1. The summed E-state index contributed by atoms with van der Waals surface area (Å²) in [4.78, 5) is 11.5. The summed E-state index contributed by atoms with van der Waals surface area (Å²) in [7, 11) is 0. The van der Waals surface area contributed by atoms with E-state index in [0.29, 0.717) is 11.4 Å². The number of nitrogens with one attached hydrogen (secondary N) is 1. The van der Waals surface area contributed by atoms with Gasteiger partial charge in [-0.2, -0.15) is 13.2 Å². The molecule has 0 unspecified atom stereocenters. The van der Waals surface area contributed by atoms with E-state index in [2.05, 4.69) is 20.3 Å². The van der Waals surface area contributed by atoms with Crippen LogP contribution in [0.5, 0.6) is 0 Å². The van der Waals surface area contributed by atoms with Gasteiger partial charge in [0.25, 0.3) is 0 Å². The molecule has 130 valence electrons. The summed E-state index contributed by atoms with van der Waals surface area (Å²) in [5.74, 6) is 0.650. The fourth-order valence-corrected chi connectivity index (χ4v) is 2.06. The molecule has 0 atom stereocenters. The maximum absolute atomic E-state index is 12.7. The average Bonchev–Trinajstić information content (AvgIpc) is 2.43. The predicted molar refractivity (Wildman–Crippen MR) is 83.9 cm³/mol. The van der Waals surface area contributed by atoms with Gasteiger partial charge in [0.15, 0.2) is 0 Å². The molecule has 2 heterocycles. The number of halogens is 4. The number of pyridine rings is 1. The van der Waals surface area contributed by atoms with Gasteiger partial charge in [-0.1, -0.05) is 11.6 Å². The lowest BCUT2D eigenvalue weighted by Crippen LogP contribution is -2.29. The fourth-order valence-electron chi connectivity index (χ4n) is 1.86. The van der Waals surface area contributed by atoms with Crippen LogP contribution in [0.3, 0.4) is 0 Å². The first kappa shape index (κ1) is 18.4. The van der Waals surface area contributed by atoms with Gasteiger partial charge >= 0.3 is 6.18 Å². The van der Waals surface area contributed by atoms with Crippen LogP contribution in [0, 0.1) is 0 Å². The van der Waals surface area contributed by atoms with Gasteiger partial charge < -0.3 is 10.4 Å². The Morgan fingerprint density at radius 1 is 1.21 bits per heavy atom. The molecule has 2 rings (SSSR count). The summed E-state index contributed by atoms with van der Waals surface area (Å²) in [6.07, 6.45) is -3.34. The van der Waals surface area contributed by atoms with Crippen LogP contribution < -0.4 is 5.32 Å². The van der Waals surface area contributed by atoms with Crippen LogP contribution >= 0.6 is 11.6 Å². The van der Waals surface area contributed by atoms with Crippen molar-refractivity contribution in [1.29, 1.82) is 0 Å². The second kappa shape index (κ2) is 6.90. The lowest BCUT2D eigenvalue weighted by molar-refractivity contribution is -0.141. The number of hydrogen-bond donors (Lipinski definition) is 2. The number of hydrogen-bond acceptors (Lipinski definition) is 5. The molecule has 0 saturated heterocycles. The van der Waals surface area contributed by atoms with Crippen molar-refractivity contribution in [1.82, 2.24) is 15.0 Å². The van der Waals surface area contributed by atoms with Crippen molar-refractivity contribution >= 4 is 17.4 Å². The van der Waals surface area contributed by atoms with Crippen molar-refractivity contribution in [3.05, 3.63) is 46.6 Å². The largest absolute Gasteiger partial charge is 0.433 e. The van der Waals surface area contributed by atoms with Gasteiger partial charge in [0.05, 0.1) is 5.60 Å². The maximum Gasteiger partial charge on any atom is 0.433 e. The van der Waals surface area contributed by atoms with Gasteiger partial charge in [-0.15, -0.1) is 0 Å². The first-order valence-electron chi connectivity index (χ1n) is 7.05. The standard InChI is InChI=1S/C15H16ClF3N4O/c1-14(2,24)8-21-12-7-11(16)22-13(23-12)6-9-3-4-20-10(5-9)15(17,18)19/h3-5,7,24H,6,8H2,1-2H3,(H,21,22,23). The van der Waals surface area contributed by atoms with E-state index in [-0.39, 0.29) is 23.9 Å². The molecule has 2 N–H and O–H groups in total. The Morgan fingerprint density at radius 2 is 1.92 bits per heavy atom. The Morgan fingerprint density at radius 3 is 2.54 bits per heavy atom. The Kier molecular flexibility index (Phi) is 5.29. The molecule has 2 aromatic rings. The van der Waals surface area contributed by atoms with Crippen molar-refractivity contribution < 1.29 is 18.3 Å². The first-order valence-corrected chi connectivity index (χ1v) is 7.42. The Labute approximate surface area is 141 Å². The van der Waals surface area contributed by atoms with E-state index in [1.165, 1.54) is 12.1 Å². The average molecular weight is 361 g/mol. The van der Waals surface area contributed by atoms with Gasteiger partial charge in [-0.25, -0.2) is 9.97 Å². The number of rotatable bonds is 5. The van der Waals surface area contributed by atoms with Crippen LogP contribution in [0.4, 0.5) is 19.0 Å². The summed E-state index contributed by atoms with van der Waals surface area (Å²) in [5.41, 5.74) is -1.56. The molecule has 0 saturated carbocycles. The zero-order valence-electron chi connectivity index (χ0n) is 13.0. The SMILES string of the molecule is CC(C)(O)CNc1cc(Cl)nc(Cc2ccnc(C(F)(F)F)c2)n1. The molecule has 0 fully saturated rings. The molecule has 0 radical (unpaired) electrons. The normalized spacial score (nSPS) is 12.3. The maximum atomic E-state index is 12.7. The minimum Gasteiger partial charge on any atom is -0.389 e. The number of nitrogens with zero attached hydrogens (tertiary/aromatic N) is 3. The number of aliphatic hydroxyl groups is 1. The van der Waals surface area contributed by atoms with Crippen molar-refractivity contribution in [3.63, 3.8) is 0 Å². The van der Waals surface area contributed by atoms with E-state index in [1.54, 1.807) is 13.8 Å².